The molecule has 0 N–H and O–H groups in total. The van der Waals surface area contributed by atoms with E-state index in [-0.39, 0.29) is 0 Å². The zero-order chi connectivity index (χ0) is 41.9. The van der Waals surface area contributed by atoms with Crippen molar-refractivity contribution in [1.29, 1.82) is 0 Å². The van der Waals surface area contributed by atoms with Gasteiger partial charge in [0, 0.05) is 22.8 Å². The van der Waals surface area contributed by atoms with Crippen LogP contribution in [0.4, 0.5) is 0 Å². The van der Waals surface area contributed by atoms with Gasteiger partial charge in [-0.15, -0.1) is 0 Å². The number of unbranched alkanes of at least 4 members (excludes halogenated alkanes) is 11. The average Bonchev–Trinajstić information content (AvgIpc) is 3.59. The van der Waals surface area contributed by atoms with Crippen LogP contribution in [-0.2, 0) is 40.8 Å². The van der Waals surface area contributed by atoms with E-state index in [2.05, 4.69) is 77.1 Å². The monoisotopic (exact) mass is 841 g/mol. The van der Waals surface area contributed by atoms with Crippen LogP contribution in [0.5, 0.6) is 11.5 Å². The van der Waals surface area contributed by atoms with Crippen molar-refractivity contribution in [3.8, 4) is 11.5 Å². The van der Waals surface area contributed by atoms with Gasteiger partial charge in [-0.05, 0) is 111 Å². The molecule has 4 nitrogen and oxygen atoms in total. The number of para-hydroxylation sites is 2. The van der Waals surface area contributed by atoms with E-state index in [0.717, 1.165) is 70.1 Å². The SMILES string of the molecule is CCCCCCCCC1=C(c2cc(CCCC)cc(CCCCC)c2)[N+](=[N-])C(c2cc(CCCC)cc(CCCCC)c2)=C1.c1ccc([O][Ni][O]c2ccccc2)cc1. The van der Waals surface area contributed by atoms with Gasteiger partial charge in [-0.25, -0.2) is 4.70 Å². The average molecular weight is 842 g/mol. The zero-order valence-electron chi connectivity index (χ0n) is 37.2. The summed E-state index contributed by atoms with van der Waals surface area (Å²) in [6, 6.07) is 33.4. The molecule has 0 aromatic heterocycles. The molecule has 0 spiro atoms. The van der Waals surface area contributed by atoms with Gasteiger partial charge in [0.05, 0.1) is 0 Å². The summed E-state index contributed by atoms with van der Waals surface area (Å²) in [7, 11) is 0. The zero-order valence-corrected chi connectivity index (χ0v) is 38.2. The molecular formula is C54H74N2NiO2. The molecule has 1 aliphatic rings. The van der Waals surface area contributed by atoms with E-state index in [0.29, 0.717) is 0 Å². The van der Waals surface area contributed by atoms with Crippen LogP contribution in [0, 0.1) is 0 Å². The van der Waals surface area contributed by atoms with E-state index < -0.39 is 0 Å². The van der Waals surface area contributed by atoms with Crippen molar-refractivity contribution in [3.05, 3.63) is 148 Å². The van der Waals surface area contributed by atoms with Gasteiger partial charge < -0.3 is 5.53 Å². The third-order valence-corrected chi connectivity index (χ3v) is 11.6. The number of aryl methyl sites for hydroxylation is 4. The van der Waals surface area contributed by atoms with Crippen LogP contribution in [0.3, 0.4) is 0 Å². The number of hydrogen-bond donors (Lipinski definition) is 0. The van der Waals surface area contributed by atoms with Gasteiger partial charge in [0.15, 0.2) is 0 Å². The van der Waals surface area contributed by atoms with Gasteiger partial charge >= 0.3 is 95.0 Å². The van der Waals surface area contributed by atoms with Crippen LogP contribution in [0.2, 0.25) is 0 Å². The topological polar surface area (TPSA) is 43.8 Å². The van der Waals surface area contributed by atoms with Gasteiger partial charge in [-0.3, -0.25) is 0 Å². The second-order valence-corrected chi connectivity index (χ2v) is 16.8. The number of rotatable bonds is 27. The molecule has 59 heavy (non-hydrogen) atoms. The molecule has 0 saturated heterocycles. The maximum absolute atomic E-state index is 12.0. The fourth-order valence-electron chi connectivity index (χ4n) is 7.66. The Hall–Kier alpha value is -3.95. The molecule has 0 atom stereocenters. The maximum atomic E-state index is 12.0. The molecule has 0 radical (unpaired) electrons. The van der Waals surface area contributed by atoms with Gasteiger partial charge in [-0.2, -0.15) is 0 Å². The Kier molecular flexibility index (Phi) is 23.1. The molecule has 1 aliphatic heterocycles. The predicted molar refractivity (Wildman–Crippen MR) is 247 cm³/mol. The van der Waals surface area contributed by atoms with Crippen LogP contribution in [0.15, 0.2) is 109 Å². The summed E-state index contributed by atoms with van der Waals surface area (Å²) in [5.74, 6) is 1.57. The Morgan fingerprint density at radius 3 is 1.31 bits per heavy atom. The number of nitrogens with zero attached hydrogens (tertiary/aromatic N) is 2. The summed E-state index contributed by atoms with van der Waals surface area (Å²) >= 11 is 0.777. The molecule has 322 valence electrons. The Labute approximate surface area is 365 Å². The van der Waals surface area contributed by atoms with E-state index in [9.17, 15) is 5.53 Å². The van der Waals surface area contributed by atoms with E-state index in [1.807, 2.05) is 60.7 Å². The molecule has 0 bridgehead atoms. The van der Waals surface area contributed by atoms with Gasteiger partial charge in [0.2, 0.25) is 11.4 Å². The van der Waals surface area contributed by atoms with E-state index in [1.165, 1.54) is 142 Å². The molecule has 0 saturated carbocycles. The number of allylic oxidation sites excluding steroid dienone is 2. The molecule has 0 aliphatic carbocycles. The molecule has 1 heterocycles. The van der Waals surface area contributed by atoms with Crippen molar-refractivity contribution in [3.63, 3.8) is 0 Å². The summed E-state index contributed by atoms with van der Waals surface area (Å²) in [5, 5.41) is 0. The van der Waals surface area contributed by atoms with Crippen LogP contribution in [0.1, 0.15) is 177 Å². The van der Waals surface area contributed by atoms with E-state index in [4.69, 9.17) is 7.76 Å². The summed E-state index contributed by atoms with van der Waals surface area (Å²) in [4.78, 5) is 0. The first-order valence-corrected chi connectivity index (χ1v) is 24.0. The molecule has 0 fully saturated rings. The van der Waals surface area contributed by atoms with Gasteiger partial charge in [0.25, 0.3) is 0 Å². The summed E-state index contributed by atoms with van der Waals surface area (Å²) < 4.78 is 12.2. The minimum absolute atomic E-state index is 0.777. The van der Waals surface area contributed by atoms with Crippen molar-refractivity contribution in [2.45, 2.75) is 169 Å². The second-order valence-electron chi connectivity index (χ2n) is 16.2. The van der Waals surface area contributed by atoms with Gasteiger partial charge in [0.1, 0.15) is 0 Å². The summed E-state index contributed by atoms with van der Waals surface area (Å²) in [6.45, 7) is 11.4. The van der Waals surface area contributed by atoms with Crippen molar-refractivity contribution in [1.82, 2.24) is 0 Å². The van der Waals surface area contributed by atoms with Crippen LogP contribution in [0.25, 0.3) is 16.9 Å². The molecule has 0 amide bonds. The van der Waals surface area contributed by atoms with E-state index in [1.54, 1.807) is 4.70 Å². The van der Waals surface area contributed by atoms with Gasteiger partial charge in [-0.1, -0.05) is 117 Å². The Bertz CT molecular complexity index is 1810. The molecule has 4 aromatic carbocycles. The Morgan fingerprint density at radius 1 is 0.441 bits per heavy atom. The predicted octanol–water partition coefficient (Wildman–Crippen LogP) is 16.4. The molecule has 5 rings (SSSR count). The summed E-state index contributed by atoms with van der Waals surface area (Å²) in [6.07, 6.45) is 27.8. The first-order valence-electron chi connectivity index (χ1n) is 23.2. The second kappa shape index (κ2) is 28.5. The van der Waals surface area contributed by atoms with Crippen LogP contribution in [-0.4, -0.2) is 4.70 Å². The molecule has 4 aromatic rings. The fraction of sp³-hybridized carbons (Fsp3) is 0.481. The Balaban J connectivity index is 0.000000425. The number of benzene rings is 4. The molecule has 5 heteroatoms. The Morgan fingerprint density at radius 2 is 0.831 bits per heavy atom. The standard InChI is InChI=1S/C42H64N2.2C6H6O.Ni/c1-6-11-16-17-18-21-26-38-33-41(39-29-34(22-14-9-4)27-36(30-39)24-19-12-7-2)44(43)42(38)40-31-35(23-15-10-5)28-37(32-40)25-20-13-8-3;2*7-6-4-2-1-3-5-6;/h27-33H,6-26H2,1-5H3;2*1-5,7H;/q;;;+2/p-2. The summed E-state index contributed by atoms with van der Waals surface area (Å²) in [5.41, 5.74) is 23.4. The van der Waals surface area contributed by atoms with Crippen molar-refractivity contribution >= 4 is 11.4 Å². The van der Waals surface area contributed by atoms with E-state index >= 15 is 0 Å². The number of hydrogen-bond acceptors (Lipinski definition) is 2. The quantitative estimate of drug-likeness (QED) is 0.0341. The molecular weight excluding hydrogens is 767 g/mol. The van der Waals surface area contributed by atoms with Crippen molar-refractivity contribution in [2.24, 2.45) is 0 Å². The van der Waals surface area contributed by atoms with Crippen LogP contribution >= 0.6 is 0 Å². The third kappa shape index (κ3) is 17.3. The fourth-order valence-corrected chi connectivity index (χ4v) is 8.16. The van der Waals surface area contributed by atoms with Crippen molar-refractivity contribution < 1.29 is 27.5 Å². The van der Waals surface area contributed by atoms with Crippen molar-refractivity contribution in [2.75, 3.05) is 0 Å². The minimum atomic E-state index is 0.777. The third-order valence-electron chi connectivity index (χ3n) is 11.0. The van der Waals surface area contributed by atoms with Crippen LogP contribution < -0.4 is 7.76 Å². The normalized spacial score (nSPS) is 12.4. The molecule has 0 unspecified atom stereocenters. The first-order chi connectivity index (χ1) is 29.0. The first kappa shape index (κ1) is 47.7.